The van der Waals surface area contributed by atoms with Crippen LogP contribution in [0.15, 0.2) is 182 Å². The van der Waals surface area contributed by atoms with E-state index in [0.29, 0.717) is 5.56 Å². The predicted octanol–water partition coefficient (Wildman–Crippen LogP) is 12.5. The fraction of sp³-hybridized carbons (Fsp3) is 0. The van der Waals surface area contributed by atoms with Crippen molar-refractivity contribution in [3.05, 3.63) is 188 Å². The van der Waals surface area contributed by atoms with Gasteiger partial charge in [-0.25, -0.2) is 0 Å². The second kappa shape index (κ2) is 11.3. The quantitative estimate of drug-likeness (QED) is 0.183. The summed E-state index contributed by atoms with van der Waals surface area (Å²) in [6, 6.07) is 67.2. The monoisotopic (exact) mass is 674 g/mol. The van der Waals surface area contributed by atoms with Crippen LogP contribution in [0.3, 0.4) is 0 Å². The fourth-order valence-corrected chi connectivity index (χ4v) is 8.66. The number of nitrogens with zero attached hydrogens (tertiary/aromatic N) is 4. The molecule has 11 aromatic rings. The van der Waals surface area contributed by atoms with E-state index in [9.17, 15) is 5.26 Å². The molecule has 0 aliphatic heterocycles. The molecule has 0 radical (unpaired) electrons. The summed E-state index contributed by atoms with van der Waals surface area (Å²) in [4.78, 5) is 0. The number of nitriles is 1. The molecule has 0 spiro atoms. The lowest BCUT2D eigenvalue weighted by Gasteiger charge is -2.15. The van der Waals surface area contributed by atoms with Crippen molar-refractivity contribution in [2.75, 3.05) is 0 Å². The average Bonchev–Trinajstić information content (AvgIpc) is 3.86. The van der Waals surface area contributed by atoms with Crippen LogP contribution >= 0.6 is 0 Å². The molecule has 3 aromatic heterocycles. The third kappa shape index (κ3) is 4.22. The standard InChI is InChI=1S/C49H30N4/c50-31-32-23-25-37-40-30-33(24-26-44(40)52(47(37)29-32)35-15-5-2-6-16-35)36-17-7-10-20-41(36)53-43-22-12-9-19-39(43)49-46(53)28-27-45-48(49)38-18-8-11-21-42(38)51(45)34-13-3-1-4-14-34/h1-30H. The molecule has 0 saturated heterocycles. The third-order valence-corrected chi connectivity index (χ3v) is 10.9. The molecule has 0 atom stereocenters. The minimum Gasteiger partial charge on any atom is -0.309 e. The first-order valence-electron chi connectivity index (χ1n) is 17.9. The largest absolute Gasteiger partial charge is 0.309 e. The van der Waals surface area contributed by atoms with Gasteiger partial charge in [-0.05, 0) is 84.4 Å². The summed E-state index contributed by atoms with van der Waals surface area (Å²) in [5, 5.41) is 17.1. The molecule has 0 fully saturated rings. The number of rotatable bonds is 4. The fourth-order valence-electron chi connectivity index (χ4n) is 8.66. The lowest BCUT2D eigenvalue weighted by atomic mass is 10.0. The molecule has 0 aliphatic rings. The van der Waals surface area contributed by atoms with Gasteiger partial charge in [0.05, 0.1) is 50.4 Å². The highest BCUT2D eigenvalue weighted by Gasteiger charge is 2.22. The van der Waals surface area contributed by atoms with Crippen LogP contribution in [0.1, 0.15) is 5.56 Å². The van der Waals surface area contributed by atoms with E-state index >= 15 is 0 Å². The number of benzene rings is 8. The van der Waals surface area contributed by atoms with Crippen molar-refractivity contribution in [3.8, 4) is 34.3 Å². The minimum absolute atomic E-state index is 0.649. The van der Waals surface area contributed by atoms with Gasteiger partial charge in [-0.2, -0.15) is 5.26 Å². The minimum atomic E-state index is 0.649. The van der Waals surface area contributed by atoms with E-state index in [1.165, 1.54) is 43.6 Å². The van der Waals surface area contributed by atoms with Crippen LogP contribution in [0.2, 0.25) is 0 Å². The van der Waals surface area contributed by atoms with Crippen LogP contribution in [0.4, 0.5) is 0 Å². The number of fused-ring (bicyclic) bond motifs is 10. The molecule has 11 rings (SSSR count). The summed E-state index contributed by atoms with van der Waals surface area (Å²) >= 11 is 0. The van der Waals surface area contributed by atoms with Gasteiger partial charge < -0.3 is 13.7 Å². The summed E-state index contributed by atoms with van der Waals surface area (Å²) in [6.07, 6.45) is 0. The Bertz CT molecular complexity index is 3280. The van der Waals surface area contributed by atoms with Gasteiger partial charge in [-0.1, -0.05) is 103 Å². The van der Waals surface area contributed by atoms with Gasteiger partial charge in [0, 0.05) is 49.3 Å². The molecule has 3 heterocycles. The first-order valence-corrected chi connectivity index (χ1v) is 17.9. The zero-order chi connectivity index (χ0) is 35.0. The molecular weight excluding hydrogens is 645 g/mol. The van der Waals surface area contributed by atoms with Crippen molar-refractivity contribution in [2.45, 2.75) is 0 Å². The molecule has 8 aromatic carbocycles. The van der Waals surface area contributed by atoms with Gasteiger partial charge in [-0.15, -0.1) is 0 Å². The third-order valence-electron chi connectivity index (χ3n) is 10.9. The van der Waals surface area contributed by atoms with Crippen LogP contribution in [-0.4, -0.2) is 13.7 Å². The van der Waals surface area contributed by atoms with Crippen LogP contribution in [0, 0.1) is 11.3 Å². The molecule has 246 valence electrons. The Labute approximate surface area is 305 Å². The van der Waals surface area contributed by atoms with Gasteiger partial charge in [0.25, 0.3) is 0 Å². The lowest BCUT2D eigenvalue weighted by molar-refractivity contribution is 1.17. The Morgan fingerprint density at radius 2 is 0.887 bits per heavy atom. The molecule has 4 heteroatoms. The van der Waals surface area contributed by atoms with Gasteiger partial charge in [-0.3, -0.25) is 0 Å². The maximum absolute atomic E-state index is 9.80. The van der Waals surface area contributed by atoms with Gasteiger partial charge in [0.1, 0.15) is 0 Å². The smallest absolute Gasteiger partial charge is 0.0992 e. The maximum atomic E-state index is 9.80. The van der Waals surface area contributed by atoms with Crippen LogP contribution < -0.4 is 0 Å². The Hall–Kier alpha value is -7.35. The molecule has 0 N–H and O–H groups in total. The van der Waals surface area contributed by atoms with E-state index < -0.39 is 0 Å². The highest BCUT2D eigenvalue weighted by molar-refractivity contribution is 6.29. The summed E-state index contributed by atoms with van der Waals surface area (Å²) in [7, 11) is 0. The number of para-hydroxylation sites is 5. The number of hydrogen-bond acceptors (Lipinski definition) is 1. The lowest BCUT2D eigenvalue weighted by Crippen LogP contribution is -1.97. The summed E-state index contributed by atoms with van der Waals surface area (Å²) in [5.41, 5.74) is 13.2. The molecular formula is C49H30N4. The van der Waals surface area contributed by atoms with E-state index in [1.807, 2.05) is 18.2 Å². The van der Waals surface area contributed by atoms with Crippen molar-refractivity contribution in [1.82, 2.24) is 13.7 Å². The van der Waals surface area contributed by atoms with E-state index in [2.05, 4.69) is 184 Å². The van der Waals surface area contributed by atoms with Crippen molar-refractivity contribution >= 4 is 65.4 Å². The van der Waals surface area contributed by atoms with Crippen molar-refractivity contribution < 1.29 is 0 Å². The Morgan fingerprint density at radius 1 is 0.358 bits per heavy atom. The zero-order valence-corrected chi connectivity index (χ0v) is 28.6. The molecule has 0 saturated carbocycles. The van der Waals surface area contributed by atoms with Crippen molar-refractivity contribution in [1.29, 1.82) is 5.26 Å². The van der Waals surface area contributed by atoms with Gasteiger partial charge >= 0.3 is 0 Å². The maximum Gasteiger partial charge on any atom is 0.0992 e. The Morgan fingerprint density at radius 3 is 1.57 bits per heavy atom. The van der Waals surface area contributed by atoms with Crippen molar-refractivity contribution in [2.24, 2.45) is 0 Å². The summed E-state index contributed by atoms with van der Waals surface area (Å²) in [5.74, 6) is 0. The zero-order valence-electron chi connectivity index (χ0n) is 28.6. The first-order chi connectivity index (χ1) is 26.3. The van der Waals surface area contributed by atoms with Gasteiger partial charge in [0.2, 0.25) is 0 Å². The summed E-state index contributed by atoms with van der Waals surface area (Å²) in [6.45, 7) is 0. The number of aromatic nitrogens is 3. The van der Waals surface area contributed by atoms with E-state index in [1.54, 1.807) is 0 Å². The molecule has 53 heavy (non-hydrogen) atoms. The molecule has 0 amide bonds. The van der Waals surface area contributed by atoms with E-state index in [-0.39, 0.29) is 0 Å². The molecule has 0 unspecified atom stereocenters. The molecule has 0 bridgehead atoms. The Balaban J connectivity index is 1.19. The average molecular weight is 675 g/mol. The topological polar surface area (TPSA) is 38.6 Å². The second-order valence-electron chi connectivity index (χ2n) is 13.7. The molecule has 4 nitrogen and oxygen atoms in total. The van der Waals surface area contributed by atoms with Crippen LogP contribution in [0.5, 0.6) is 0 Å². The van der Waals surface area contributed by atoms with Crippen molar-refractivity contribution in [3.63, 3.8) is 0 Å². The molecule has 0 aliphatic carbocycles. The summed E-state index contributed by atoms with van der Waals surface area (Å²) < 4.78 is 7.11. The SMILES string of the molecule is N#Cc1ccc2c3cc(-c4ccccc4-n4c5ccccc5c5c6c7ccccc7n(-c7ccccc7)c6ccc54)ccc3n(-c3ccccc3)c2c1. The normalized spacial score (nSPS) is 11.8. The highest BCUT2D eigenvalue weighted by atomic mass is 15.0. The van der Waals surface area contributed by atoms with Crippen LogP contribution in [0.25, 0.3) is 93.6 Å². The van der Waals surface area contributed by atoms with Crippen LogP contribution in [-0.2, 0) is 0 Å². The first kappa shape index (κ1) is 29.4. The van der Waals surface area contributed by atoms with Gasteiger partial charge in [0.15, 0.2) is 0 Å². The second-order valence-corrected chi connectivity index (χ2v) is 13.7. The Kier molecular flexibility index (Phi) is 6.28. The highest BCUT2D eigenvalue weighted by Crippen LogP contribution is 2.44. The number of hydrogen-bond donors (Lipinski definition) is 0. The van der Waals surface area contributed by atoms with E-state index in [0.717, 1.165) is 50.0 Å². The van der Waals surface area contributed by atoms with E-state index in [4.69, 9.17) is 0 Å². The predicted molar refractivity (Wildman–Crippen MR) is 220 cm³/mol.